The van der Waals surface area contributed by atoms with Crippen molar-refractivity contribution in [3.8, 4) is 5.75 Å². The van der Waals surface area contributed by atoms with Crippen LogP contribution in [0, 0.1) is 6.92 Å². The van der Waals surface area contributed by atoms with Gasteiger partial charge in [0.2, 0.25) is 0 Å². The lowest BCUT2D eigenvalue weighted by Gasteiger charge is -2.13. The van der Waals surface area contributed by atoms with Crippen molar-refractivity contribution in [1.82, 2.24) is 5.32 Å². The number of aryl methyl sites for hydroxylation is 1. The Hall–Kier alpha value is -3.64. The van der Waals surface area contributed by atoms with Crippen molar-refractivity contribution < 1.29 is 19.1 Å². The molecule has 1 heterocycles. The largest absolute Gasteiger partial charge is 0.491 e. The van der Waals surface area contributed by atoms with Crippen LogP contribution in [-0.2, 0) is 11.3 Å². The molecule has 3 aromatic rings. The van der Waals surface area contributed by atoms with Gasteiger partial charge in [-0.15, -0.1) is 0 Å². The first-order valence-corrected chi connectivity index (χ1v) is 11.2. The zero-order chi connectivity index (χ0) is 23.0. The molecule has 2 N–H and O–H groups in total. The molecule has 1 aliphatic heterocycles. The number of benzene rings is 3. The SMILES string of the molecule is Cc1ccc(CNC(=O)c2ccccc2NC(=O)c2ccc(OCC3CCCO3)cc2)cc1. The van der Waals surface area contributed by atoms with Gasteiger partial charge in [0.15, 0.2) is 0 Å². The smallest absolute Gasteiger partial charge is 0.255 e. The average Bonchev–Trinajstić information content (AvgIpc) is 3.37. The summed E-state index contributed by atoms with van der Waals surface area (Å²) in [5.41, 5.74) is 3.53. The fraction of sp³-hybridized carbons (Fsp3) is 0.259. The summed E-state index contributed by atoms with van der Waals surface area (Å²) >= 11 is 0. The van der Waals surface area contributed by atoms with E-state index in [4.69, 9.17) is 9.47 Å². The fourth-order valence-electron chi connectivity index (χ4n) is 3.64. The second-order valence-electron chi connectivity index (χ2n) is 8.14. The van der Waals surface area contributed by atoms with Crippen LogP contribution >= 0.6 is 0 Å². The van der Waals surface area contributed by atoms with Gasteiger partial charge in [0, 0.05) is 18.7 Å². The maximum absolute atomic E-state index is 12.8. The lowest BCUT2D eigenvalue weighted by molar-refractivity contribution is 0.0679. The van der Waals surface area contributed by atoms with Crippen LogP contribution in [0.25, 0.3) is 0 Å². The number of nitrogens with one attached hydrogen (secondary N) is 2. The van der Waals surface area contributed by atoms with E-state index in [2.05, 4.69) is 10.6 Å². The van der Waals surface area contributed by atoms with Gasteiger partial charge >= 0.3 is 0 Å². The first-order valence-electron chi connectivity index (χ1n) is 11.2. The predicted molar refractivity (Wildman–Crippen MR) is 128 cm³/mol. The molecule has 2 amide bonds. The van der Waals surface area contributed by atoms with Gasteiger partial charge in [-0.3, -0.25) is 9.59 Å². The van der Waals surface area contributed by atoms with Crippen LogP contribution in [0.4, 0.5) is 5.69 Å². The zero-order valence-electron chi connectivity index (χ0n) is 18.7. The maximum Gasteiger partial charge on any atom is 0.255 e. The normalized spacial score (nSPS) is 15.1. The summed E-state index contributed by atoms with van der Waals surface area (Å²) in [5, 5.41) is 5.76. The maximum atomic E-state index is 12.8. The third kappa shape index (κ3) is 6.20. The number of amides is 2. The first-order chi connectivity index (χ1) is 16.1. The molecular weight excluding hydrogens is 416 g/mol. The molecule has 1 unspecified atom stereocenters. The summed E-state index contributed by atoms with van der Waals surface area (Å²) in [6.45, 7) is 3.73. The topological polar surface area (TPSA) is 76.7 Å². The van der Waals surface area contributed by atoms with E-state index in [-0.39, 0.29) is 17.9 Å². The highest BCUT2D eigenvalue weighted by Gasteiger charge is 2.17. The van der Waals surface area contributed by atoms with Gasteiger partial charge in [0.25, 0.3) is 11.8 Å². The van der Waals surface area contributed by atoms with Gasteiger partial charge in [-0.1, -0.05) is 42.0 Å². The molecule has 0 spiro atoms. The third-order valence-corrected chi connectivity index (χ3v) is 5.57. The summed E-state index contributed by atoms with van der Waals surface area (Å²) in [7, 11) is 0. The number of para-hydroxylation sites is 1. The van der Waals surface area contributed by atoms with E-state index in [0.29, 0.717) is 35.7 Å². The molecule has 6 heteroatoms. The molecule has 0 aromatic heterocycles. The summed E-state index contributed by atoms with van der Waals surface area (Å²) in [6.07, 6.45) is 2.22. The van der Waals surface area contributed by atoms with E-state index in [1.165, 1.54) is 5.56 Å². The highest BCUT2D eigenvalue weighted by molar-refractivity contribution is 6.09. The number of hydrogen-bond donors (Lipinski definition) is 2. The van der Waals surface area contributed by atoms with Gasteiger partial charge in [0.1, 0.15) is 12.4 Å². The molecule has 1 saturated heterocycles. The van der Waals surface area contributed by atoms with Crippen molar-refractivity contribution in [3.63, 3.8) is 0 Å². The van der Waals surface area contributed by atoms with Gasteiger partial charge < -0.3 is 20.1 Å². The van der Waals surface area contributed by atoms with Crippen molar-refractivity contribution in [2.45, 2.75) is 32.4 Å². The van der Waals surface area contributed by atoms with Crippen molar-refractivity contribution in [1.29, 1.82) is 0 Å². The standard InChI is InChI=1S/C27H28N2O4/c1-19-8-10-20(11-9-19)17-28-27(31)24-6-2-3-7-25(24)29-26(30)21-12-14-22(15-13-21)33-18-23-5-4-16-32-23/h2-3,6-15,23H,4-5,16-18H2,1H3,(H,28,31)(H,29,30). The number of carbonyl (C=O) groups excluding carboxylic acids is 2. The molecule has 170 valence electrons. The van der Waals surface area contributed by atoms with Crippen LogP contribution in [-0.4, -0.2) is 31.1 Å². The molecule has 33 heavy (non-hydrogen) atoms. The van der Waals surface area contributed by atoms with E-state index in [1.807, 2.05) is 31.2 Å². The second-order valence-corrected chi connectivity index (χ2v) is 8.14. The van der Waals surface area contributed by atoms with Crippen LogP contribution in [0.5, 0.6) is 5.75 Å². The number of hydrogen-bond acceptors (Lipinski definition) is 4. The summed E-state index contributed by atoms with van der Waals surface area (Å²) in [6, 6.07) is 21.9. The summed E-state index contributed by atoms with van der Waals surface area (Å²) in [4.78, 5) is 25.5. The van der Waals surface area contributed by atoms with Gasteiger partial charge in [-0.25, -0.2) is 0 Å². The summed E-state index contributed by atoms with van der Waals surface area (Å²) < 4.78 is 11.3. The Morgan fingerprint density at radius 2 is 1.73 bits per heavy atom. The van der Waals surface area contributed by atoms with E-state index in [0.717, 1.165) is 25.0 Å². The number of rotatable bonds is 8. The zero-order valence-corrected chi connectivity index (χ0v) is 18.7. The van der Waals surface area contributed by atoms with Crippen LogP contribution in [0.1, 0.15) is 44.7 Å². The number of carbonyl (C=O) groups is 2. The van der Waals surface area contributed by atoms with Crippen molar-refractivity contribution in [2.24, 2.45) is 0 Å². The Labute approximate surface area is 193 Å². The van der Waals surface area contributed by atoms with Crippen LogP contribution in [0.3, 0.4) is 0 Å². The van der Waals surface area contributed by atoms with Crippen LogP contribution in [0.15, 0.2) is 72.8 Å². The van der Waals surface area contributed by atoms with Crippen molar-refractivity contribution in [2.75, 3.05) is 18.5 Å². The number of anilines is 1. The predicted octanol–water partition coefficient (Wildman–Crippen LogP) is 4.74. The Bertz CT molecular complexity index is 1090. The Morgan fingerprint density at radius 1 is 0.970 bits per heavy atom. The molecular formula is C27H28N2O4. The Kier molecular flexibility index (Phi) is 7.37. The minimum Gasteiger partial charge on any atom is -0.491 e. The van der Waals surface area contributed by atoms with Crippen molar-refractivity contribution >= 4 is 17.5 Å². The molecule has 1 aliphatic rings. The van der Waals surface area contributed by atoms with E-state index in [1.54, 1.807) is 48.5 Å². The van der Waals surface area contributed by atoms with Gasteiger partial charge in [-0.05, 0) is 61.7 Å². The highest BCUT2D eigenvalue weighted by Crippen LogP contribution is 2.19. The average molecular weight is 445 g/mol. The van der Waals surface area contributed by atoms with Crippen LogP contribution < -0.4 is 15.4 Å². The molecule has 3 aromatic carbocycles. The lowest BCUT2D eigenvalue weighted by atomic mass is 10.1. The van der Waals surface area contributed by atoms with E-state index < -0.39 is 0 Å². The monoisotopic (exact) mass is 444 g/mol. The second kappa shape index (κ2) is 10.8. The first kappa shape index (κ1) is 22.6. The van der Waals surface area contributed by atoms with E-state index >= 15 is 0 Å². The Balaban J connectivity index is 1.35. The number of ether oxygens (including phenoxy) is 2. The molecule has 0 bridgehead atoms. The van der Waals surface area contributed by atoms with Gasteiger partial charge in [-0.2, -0.15) is 0 Å². The van der Waals surface area contributed by atoms with Gasteiger partial charge in [0.05, 0.1) is 17.4 Å². The minimum absolute atomic E-state index is 0.140. The van der Waals surface area contributed by atoms with Crippen LogP contribution in [0.2, 0.25) is 0 Å². The molecule has 6 nitrogen and oxygen atoms in total. The molecule has 0 radical (unpaired) electrons. The fourth-order valence-corrected chi connectivity index (χ4v) is 3.64. The highest BCUT2D eigenvalue weighted by atomic mass is 16.5. The third-order valence-electron chi connectivity index (χ3n) is 5.57. The lowest BCUT2D eigenvalue weighted by Crippen LogP contribution is -2.24. The molecule has 1 fully saturated rings. The molecule has 1 atom stereocenters. The minimum atomic E-state index is -0.292. The molecule has 4 rings (SSSR count). The molecule has 0 saturated carbocycles. The van der Waals surface area contributed by atoms with Crippen molar-refractivity contribution in [3.05, 3.63) is 95.1 Å². The molecule has 0 aliphatic carbocycles. The quantitative estimate of drug-likeness (QED) is 0.526. The van der Waals surface area contributed by atoms with E-state index in [9.17, 15) is 9.59 Å². The Morgan fingerprint density at radius 3 is 2.45 bits per heavy atom. The summed E-state index contributed by atoms with van der Waals surface area (Å²) in [5.74, 6) is 0.154.